The summed E-state index contributed by atoms with van der Waals surface area (Å²) < 4.78 is 2.14. The smallest absolute Gasteiger partial charge is 0.227 e. The normalized spacial score (nSPS) is 20.5. The molecule has 126 valence electrons. The Morgan fingerprint density at radius 2 is 1.88 bits per heavy atom. The van der Waals surface area contributed by atoms with Crippen LogP contribution in [0.25, 0.3) is 0 Å². The maximum absolute atomic E-state index is 12.5. The first-order valence-corrected chi connectivity index (χ1v) is 8.94. The Bertz CT molecular complexity index is 700. The lowest BCUT2D eigenvalue weighted by Crippen LogP contribution is -2.30. The zero-order chi connectivity index (χ0) is 16.4. The van der Waals surface area contributed by atoms with Crippen molar-refractivity contribution in [2.24, 2.45) is 5.92 Å². The van der Waals surface area contributed by atoms with Gasteiger partial charge in [-0.3, -0.25) is 4.79 Å². The van der Waals surface area contributed by atoms with Crippen LogP contribution in [0, 0.1) is 5.92 Å². The molecule has 5 heteroatoms. The van der Waals surface area contributed by atoms with Gasteiger partial charge in [0.05, 0.1) is 6.33 Å². The summed E-state index contributed by atoms with van der Waals surface area (Å²) in [5.74, 6) is 0.157. The van der Waals surface area contributed by atoms with Crippen LogP contribution in [0.5, 0.6) is 0 Å². The number of benzene rings is 1. The fourth-order valence-electron chi connectivity index (χ4n) is 3.74. The number of nitrogens with zero attached hydrogens (tertiary/aromatic N) is 3. The summed E-state index contributed by atoms with van der Waals surface area (Å²) >= 11 is 0. The van der Waals surface area contributed by atoms with Crippen LogP contribution in [-0.4, -0.2) is 28.5 Å². The zero-order valence-corrected chi connectivity index (χ0v) is 13.9. The molecule has 4 rings (SSSR count). The first kappa shape index (κ1) is 15.2. The highest BCUT2D eigenvalue weighted by Crippen LogP contribution is 2.24. The summed E-state index contributed by atoms with van der Waals surface area (Å²) in [5.41, 5.74) is 3.30. The first-order chi connectivity index (χ1) is 11.8. The molecule has 1 aromatic heterocycles. The largest absolute Gasteiger partial charge is 0.372 e. The first-order valence-electron chi connectivity index (χ1n) is 8.94. The summed E-state index contributed by atoms with van der Waals surface area (Å²) in [5, 5.41) is 3.08. The molecule has 0 bridgehead atoms. The van der Waals surface area contributed by atoms with Crippen LogP contribution in [0.3, 0.4) is 0 Å². The average Bonchev–Trinajstić information content (AvgIpc) is 3.11. The van der Waals surface area contributed by atoms with Gasteiger partial charge in [0.1, 0.15) is 0 Å². The second kappa shape index (κ2) is 6.67. The molecule has 0 aliphatic carbocycles. The molecule has 1 atom stereocenters. The van der Waals surface area contributed by atoms with Crippen LogP contribution >= 0.6 is 0 Å². The molecule has 1 N–H and O–H groups in total. The van der Waals surface area contributed by atoms with Crippen LogP contribution in [0.4, 0.5) is 11.4 Å². The van der Waals surface area contributed by atoms with Gasteiger partial charge in [0, 0.05) is 55.2 Å². The minimum atomic E-state index is 0.0379. The van der Waals surface area contributed by atoms with E-state index >= 15 is 0 Å². The van der Waals surface area contributed by atoms with Crippen molar-refractivity contribution >= 4 is 17.3 Å². The van der Waals surface area contributed by atoms with Crippen molar-refractivity contribution in [3.05, 3.63) is 42.5 Å². The Labute approximate surface area is 142 Å². The molecule has 0 radical (unpaired) electrons. The molecule has 2 aliphatic heterocycles. The number of rotatable bonds is 3. The highest BCUT2D eigenvalue weighted by atomic mass is 16.1. The molecule has 1 aromatic carbocycles. The van der Waals surface area contributed by atoms with Crippen molar-refractivity contribution in [3.8, 4) is 0 Å². The fraction of sp³-hybridized carbons (Fsp3) is 0.474. The Morgan fingerprint density at radius 3 is 2.67 bits per heavy atom. The molecule has 1 saturated heterocycles. The molecular formula is C19H24N4O. The summed E-state index contributed by atoms with van der Waals surface area (Å²) in [7, 11) is 0. The van der Waals surface area contributed by atoms with E-state index in [0.29, 0.717) is 0 Å². The molecule has 3 heterocycles. The third kappa shape index (κ3) is 3.16. The second-order valence-corrected chi connectivity index (χ2v) is 6.85. The van der Waals surface area contributed by atoms with E-state index in [2.05, 4.69) is 31.9 Å². The number of carbonyl (C=O) groups is 1. The quantitative estimate of drug-likeness (QED) is 0.944. The number of aromatic nitrogens is 2. The Balaban J connectivity index is 1.37. The van der Waals surface area contributed by atoms with Gasteiger partial charge in [-0.05, 0) is 49.9 Å². The third-order valence-electron chi connectivity index (χ3n) is 5.20. The number of imidazole rings is 1. The van der Waals surface area contributed by atoms with Crippen molar-refractivity contribution in [3.63, 3.8) is 0 Å². The number of piperidine rings is 1. The van der Waals surface area contributed by atoms with Crippen LogP contribution in [0.2, 0.25) is 0 Å². The molecule has 1 amide bonds. The number of hydrogen-bond donors (Lipinski definition) is 1. The van der Waals surface area contributed by atoms with Crippen molar-refractivity contribution in [1.29, 1.82) is 0 Å². The van der Waals surface area contributed by atoms with Crippen molar-refractivity contribution < 1.29 is 4.79 Å². The highest BCUT2D eigenvalue weighted by Gasteiger charge is 2.24. The van der Waals surface area contributed by atoms with Gasteiger partial charge < -0.3 is 14.8 Å². The van der Waals surface area contributed by atoms with Gasteiger partial charge in [-0.2, -0.15) is 0 Å². The number of hydrogen-bond acceptors (Lipinski definition) is 3. The van der Waals surface area contributed by atoms with Crippen LogP contribution in [-0.2, 0) is 17.8 Å². The average molecular weight is 324 g/mol. The minimum Gasteiger partial charge on any atom is -0.372 e. The lowest BCUT2D eigenvalue weighted by atomic mass is 9.95. The number of nitrogens with one attached hydrogen (secondary N) is 1. The predicted molar refractivity (Wildman–Crippen MR) is 95.2 cm³/mol. The van der Waals surface area contributed by atoms with E-state index in [1.165, 1.54) is 24.9 Å². The number of fused-ring (bicyclic) bond motifs is 1. The topological polar surface area (TPSA) is 50.2 Å². The monoisotopic (exact) mass is 324 g/mol. The van der Waals surface area contributed by atoms with Crippen LogP contribution in [0.15, 0.2) is 36.8 Å². The van der Waals surface area contributed by atoms with Gasteiger partial charge in [0.2, 0.25) is 5.91 Å². The Kier molecular flexibility index (Phi) is 4.24. The van der Waals surface area contributed by atoms with Gasteiger partial charge in [0.15, 0.2) is 0 Å². The van der Waals surface area contributed by atoms with Gasteiger partial charge in [-0.15, -0.1) is 0 Å². The van der Waals surface area contributed by atoms with Gasteiger partial charge in [-0.25, -0.2) is 4.98 Å². The lowest BCUT2D eigenvalue weighted by molar-refractivity contribution is -0.120. The summed E-state index contributed by atoms with van der Waals surface area (Å²) in [4.78, 5) is 19.1. The summed E-state index contributed by atoms with van der Waals surface area (Å²) in [6.07, 6.45) is 9.26. The van der Waals surface area contributed by atoms with Crippen molar-refractivity contribution in [1.82, 2.24) is 9.55 Å². The van der Waals surface area contributed by atoms with Gasteiger partial charge in [0.25, 0.3) is 0 Å². The second-order valence-electron chi connectivity index (χ2n) is 6.85. The number of aryl methyl sites for hydroxylation is 1. The lowest BCUT2D eigenvalue weighted by Gasteiger charge is -2.29. The predicted octanol–water partition coefficient (Wildman–Crippen LogP) is 3.07. The van der Waals surface area contributed by atoms with Gasteiger partial charge in [-0.1, -0.05) is 0 Å². The zero-order valence-electron chi connectivity index (χ0n) is 13.9. The maximum Gasteiger partial charge on any atom is 0.227 e. The van der Waals surface area contributed by atoms with E-state index in [9.17, 15) is 4.79 Å². The van der Waals surface area contributed by atoms with E-state index in [-0.39, 0.29) is 11.8 Å². The molecule has 2 aliphatic rings. The van der Waals surface area contributed by atoms with E-state index in [1.54, 1.807) is 0 Å². The molecule has 5 nitrogen and oxygen atoms in total. The molecule has 2 aromatic rings. The molecular weight excluding hydrogens is 300 g/mol. The molecule has 0 saturated carbocycles. The number of carbonyl (C=O) groups excluding carboxylic acids is 1. The Morgan fingerprint density at radius 1 is 1.08 bits per heavy atom. The summed E-state index contributed by atoms with van der Waals surface area (Å²) in [6.45, 7) is 3.16. The molecule has 1 fully saturated rings. The maximum atomic E-state index is 12.5. The van der Waals surface area contributed by atoms with Gasteiger partial charge >= 0.3 is 0 Å². The number of amides is 1. The van der Waals surface area contributed by atoms with E-state index in [1.807, 2.05) is 24.7 Å². The standard InChI is InChI=1S/C19H24N4O/c24-19(15-8-11-23-14-20-13-18(23)12-15)21-16-4-6-17(7-5-16)22-9-2-1-3-10-22/h4-7,13-15H,1-3,8-12H2,(H,21,24). The molecule has 1 unspecified atom stereocenters. The summed E-state index contributed by atoms with van der Waals surface area (Å²) in [6, 6.07) is 8.29. The van der Waals surface area contributed by atoms with Crippen LogP contribution in [0.1, 0.15) is 31.4 Å². The SMILES string of the molecule is O=C(Nc1ccc(N2CCCCC2)cc1)C1CCn2cncc2C1. The number of anilines is 2. The van der Waals surface area contributed by atoms with Crippen LogP contribution < -0.4 is 10.2 Å². The molecule has 0 spiro atoms. The van der Waals surface area contributed by atoms with Crippen molar-refractivity contribution in [2.75, 3.05) is 23.3 Å². The van der Waals surface area contributed by atoms with E-state index < -0.39 is 0 Å². The minimum absolute atomic E-state index is 0.0379. The van der Waals surface area contributed by atoms with E-state index in [0.717, 1.165) is 43.9 Å². The molecule has 24 heavy (non-hydrogen) atoms. The Hall–Kier alpha value is -2.30. The fourth-order valence-corrected chi connectivity index (χ4v) is 3.74. The van der Waals surface area contributed by atoms with Crippen molar-refractivity contribution in [2.45, 2.75) is 38.6 Å². The third-order valence-corrected chi connectivity index (χ3v) is 5.20. The highest BCUT2D eigenvalue weighted by molar-refractivity contribution is 5.92. The van der Waals surface area contributed by atoms with E-state index in [4.69, 9.17) is 0 Å².